The molecular formula is C8H12O5. The van der Waals surface area contributed by atoms with Crippen LogP contribution < -0.4 is 0 Å². The highest BCUT2D eigenvalue weighted by molar-refractivity contribution is 5.87. The largest absolute Gasteiger partial charge is 0.481 e. The van der Waals surface area contributed by atoms with E-state index in [0.717, 1.165) is 0 Å². The Hall–Kier alpha value is -1.36. The van der Waals surface area contributed by atoms with E-state index in [1.54, 1.807) is 0 Å². The van der Waals surface area contributed by atoms with Crippen LogP contribution in [0.4, 0.5) is 0 Å². The van der Waals surface area contributed by atoms with Crippen LogP contribution in [-0.4, -0.2) is 35.4 Å². The van der Waals surface area contributed by atoms with E-state index in [2.05, 4.69) is 11.3 Å². The molecule has 5 nitrogen and oxygen atoms in total. The van der Waals surface area contributed by atoms with Gasteiger partial charge in [-0.3, -0.25) is 4.79 Å². The average molecular weight is 188 g/mol. The molecule has 0 aromatic heterocycles. The molecule has 0 aromatic carbocycles. The van der Waals surface area contributed by atoms with Gasteiger partial charge in [0.2, 0.25) is 0 Å². The zero-order valence-corrected chi connectivity index (χ0v) is 7.15. The fraction of sp³-hybridized carbons (Fsp3) is 0.500. The molecule has 0 spiro atoms. The number of carbonyl (C=O) groups is 2. The topological polar surface area (TPSA) is 83.8 Å². The fourth-order valence-electron chi connectivity index (χ4n) is 0.570. The van der Waals surface area contributed by atoms with Gasteiger partial charge in [-0.1, -0.05) is 6.58 Å². The Bertz CT molecular complexity index is 209. The number of aliphatic hydroxyl groups excluding tert-OH is 1. The molecule has 0 aliphatic rings. The number of hydrogen-bond acceptors (Lipinski definition) is 4. The maximum Gasteiger partial charge on any atom is 0.333 e. The molecule has 0 rings (SSSR count). The lowest BCUT2D eigenvalue weighted by atomic mass is 10.2. The van der Waals surface area contributed by atoms with Crippen molar-refractivity contribution in [3.8, 4) is 0 Å². The molecule has 0 bridgehead atoms. The molecule has 0 saturated carbocycles. The standard InChI is InChI=1S/C8H12O5/c1-6(2-4-9)8(12)13-5-3-7(10)11/h9H,1-5H2,(H,10,11). The van der Waals surface area contributed by atoms with E-state index in [9.17, 15) is 9.59 Å². The summed E-state index contributed by atoms with van der Waals surface area (Å²) in [6, 6.07) is 0. The molecule has 0 fully saturated rings. The zero-order valence-electron chi connectivity index (χ0n) is 7.15. The first-order valence-corrected chi connectivity index (χ1v) is 3.75. The molecule has 0 aromatic rings. The van der Waals surface area contributed by atoms with E-state index in [0.29, 0.717) is 0 Å². The quantitative estimate of drug-likeness (QED) is 0.450. The zero-order chi connectivity index (χ0) is 10.3. The van der Waals surface area contributed by atoms with Crippen molar-refractivity contribution >= 4 is 11.9 Å². The Morgan fingerprint density at radius 3 is 2.38 bits per heavy atom. The first-order valence-electron chi connectivity index (χ1n) is 3.75. The molecule has 13 heavy (non-hydrogen) atoms. The smallest absolute Gasteiger partial charge is 0.333 e. The Morgan fingerprint density at radius 2 is 1.92 bits per heavy atom. The molecule has 0 amide bonds. The van der Waals surface area contributed by atoms with Crippen LogP contribution in [-0.2, 0) is 14.3 Å². The summed E-state index contributed by atoms with van der Waals surface area (Å²) in [4.78, 5) is 20.9. The maximum absolute atomic E-state index is 10.9. The normalized spacial score (nSPS) is 9.31. The van der Waals surface area contributed by atoms with E-state index in [1.165, 1.54) is 0 Å². The summed E-state index contributed by atoms with van der Waals surface area (Å²) in [5.74, 6) is -1.68. The fourth-order valence-corrected chi connectivity index (χ4v) is 0.570. The number of ether oxygens (including phenoxy) is 1. The number of rotatable bonds is 6. The van der Waals surface area contributed by atoms with Crippen LogP contribution in [0.15, 0.2) is 12.2 Å². The van der Waals surface area contributed by atoms with E-state index in [4.69, 9.17) is 10.2 Å². The molecule has 5 heteroatoms. The number of hydrogen-bond donors (Lipinski definition) is 2. The summed E-state index contributed by atoms with van der Waals surface area (Å²) in [6.07, 6.45) is -0.0793. The van der Waals surface area contributed by atoms with Crippen LogP contribution in [0.2, 0.25) is 0 Å². The predicted octanol–water partition coefficient (Wildman–Crippen LogP) is -0.0571. The predicted molar refractivity (Wildman–Crippen MR) is 44.1 cm³/mol. The minimum absolute atomic E-state index is 0.145. The van der Waals surface area contributed by atoms with E-state index < -0.39 is 11.9 Å². The summed E-state index contributed by atoms with van der Waals surface area (Å²) in [6.45, 7) is 3.02. The summed E-state index contributed by atoms with van der Waals surface area (Å²) in [5, 5.41) is 16.7. The number of carboxylic acid groups (broad SMARTS) is 1. The van der Waals surface area contributed by atoms with Gasteiger partial charge in [0.25, 0.3) is 0 Å². The third-order valence-electron chi connectivity index (χ3n) is 1.25. The summed E-state index contributed by atoms with van der Waals surface area (Å²) in [7, 11) is 0. The summed E-state index contributed by atoms with van der Waals surface area (Å²) < 4.78 is 4.54. The van der Waals surface area contributed by atoms with Crippen molar-refractivity contribution < 1.29 is 24.5 Å². The van der Waals surface area contributed by atoms with Crippen molar-refractivity contribution in [2.75, 3.05) is 13.2 Å². The molecule has 0 atom stereocenters. The van der Waals surface area contributed by atoms with Gasteiger partial charge in [0.15, 0.2) is 0 Å². The van der Waals surface area contributed by atoms with E-state index in [1.807, 2.05) is 0 Å². The highest BCUT2D eigenvalue weighted by Gasteiger charge is 2.08. The van der Waals surface area contributed by atoms with Crippen molar-refractivity contribution in [2.45, 2.75) is 12.8 Å². The molecule has 0 aliphatic carbocycles. The van der Waals surface area contributed by atoms with Gasteiger partial charge >= 0.3 is 11.9 Å². The number of aliphatic hydroxyl groups is 1. The van der Waals surface area contributed by atoms with Crippen LogP contribution in [0.1, 0.15) is 12.8 Å². The Kier molecular flexibility index (Phi) is 5.54. The third-order valence-corrected chi connectivity index (χ3v) is 1.25. The second kappa shape index (κ2) is 6.19. The first-order chi connectivity index (χ1) is 6.07. The first kappa shape index (κ1) is 11.6. The van der Waals surface area contributed by atoms with Crippen molar-refractivity contribution in [1.82, 2.24) is 0 Å². The number of esters is 1. The van der Waals surface area contributed by atoms with Gasteiger partial charge in [0.05, 0.1) is 6.42 Å². The SMILES string of the molecule is C=C(CCO)C(=O)OCCC(=O)O. The second-order valence-corrected chi connectivity index (χ2v) is 2.36. The molecule has 74 valence electrons. The minimum atomic E-state index is -1.03. The molecule has 0 saturated heterocycles. The Balaban J connectivity index is 3.62. The van der Waals surface area contributed by atoms with Gasteiger partial charge in [-0.05, 0) is 0 Å². The summed E-state index contributed by atoms with van der Waals surface area (Å²) >= 11 is 0. The molecule has 0 radical (unpaired) electrons. The Morgan fingerprint density at radius 1 is 1.31 bits per heavy atom. The van der Waals surface area contributed by atoms with Crippen LogP contribution in [0.5, 0.6) is 0 Å². The third kappa shape index (κ3) is 5.86. The van der Waals surface area contributed by atoms with Crippen molar-refractivity contribution in [1.29, 1.82) is 0 Å². The van der Waals surface area contributed by atoms with Crippen molar-refractivity contribution in [3.63, 3.8) is 0 Å². The molecular weight excluding hydrogens is 176 g/mol. The number of aliphatic carboxylic acids is 1. The van der Waals surface area contributed by atoms with E-state index >= 15 is 0 Å². The lowest BCUT2D eigenvalue weighted by Gasteiger charge is -2.03. The van der Waals surface area contributed by atoms with Gasteiger partial charge in [0.1, 0.15) is 6.61 Å². The van der Waals surface area contributed by atoms with Crippen molar-refractivity contribution in [3.05, 3.63) is 12.2 Å². The van der Waals surface area contributed by atoms with Crippen molar-refractivity contribution in [2.24, 2.45) is 0 Å². The van der Waals surface area contributed by atoms with E-state index in [-0.39, 0.29) is 31.6 Å². The molecule has 0 unspecified atom stereocenters. The van der Waals surface area contributed by atoms with Gasteiger partial charge < -0.3 is 14.9 Å². The highest BCUT2D eigenvalue weighted by Crippen LogP contribution is 2.00. The lowest BCUT2D eigenvalue weighted by Crippen LogP contribution is -2.11. The van der Waals surface area contributed by atoms with Gasteiger partial charge in [-0.25, -0.2) is 4.79 Å². The van der Waals surface area contributed by atoms with Gasteiger partial charge in [-0.2, -0.15) is 0 Å². The van der Waals surface area contributed by atoms with Gasteiger partial charge in [-0.15, -0.1) is 0 Å². The average Bonchev–Trinajstić information content (AvgIpc) is 2.04. The molecule has 2 N–H and O–H groups in total. The molecule has 0 heterocycles. The van der Waals surface area contributed by atoms with Crippen LogP contribution in [0, 0.1) is 0 Å². The second-order valence-electron chi connectivity index (χ2n) is 2.36. The molecule has 0 aliphatic heterocycles. The number of carboxylic acids is 1. The van der Waals surface area contributed by atoms with Crippen LogP contribution in [0.25, 0.3) is 0 Å². The lowest BCUT2D eigenvalue weighted by molar-refractivity contribution is -0.143. The summed E-state index contributed by atoms with van der Waals surface area (Å²) in [5.41, 5.74) is 0.146. The van der Waals surface area contributed by atoms with Gasteiger partial charge in [0, 0.05) is 18.6 Å². The van der Waals surface area contributed by atoms with Crippen LogP contribution >= 0.6 is 0 Å². The minimum Gasteiger partial charge on any atom is -0.481 e. The Labute approximate surface area is 75.6 Å². The number of carbonyl (C=O) groups excluding carboxylic acids is 1. The van der Waals surface area contributed by atoms with Crippen LogP contribution in [0.3, 0.4) is 0 Å². The maximum atomic E-state index is 10.9. The monoisotopic (exact) mass is 188 g/mol. The highest BCUT2D eigenvalue weighted by atomic mass is 16.5.